The van der Waals surface area contributed by atoms with Crippen LogP contribution >= 0.6 is 0 Å². The molecular weight excluding hydrogens is 352 g/mol. The molecule has 3 rings (SSSR count). The van der Waals surface area contributed by atoms with Gasteiger partial charge in [0, 0.05) is 43.9 Å². The predicted molar refractivity (Wildman–Crippen MR) is 111 cm³/mol. The van der Waals surface area contributed by atoms with E-state index in [9.17, 15) is 4.79 Å². The first kappa shape index (κ1) is 20.1. The maximum absolute atomic E-state index is 12.8. The quantitative estimate of drug-likeness (QED) is 0.794. The third-order valence-corrected chi connectivity index (χ3v) is 4.94. The summed E-state index contributed by atoms with van der Waals surface area (Å²) in [5.74, 6) is 2.88. The molecule has 150 valence electrons. The second-order valence-electron chi connectivity index (χ2n) is 7.77. The lowest BCUT2D eigenvalue weighted by Crippen LogP contribution is -2.52. The number of carbonyl (C=O) groups excluding carboxylic acids is 1. The number of benzene rings is 1. The average molecular weight is 383 g/mol. The molecule has 2 heterocycles. The maximum atomic E-state index is 12.8. The van der Waals surface area contributed by atoms with Crippen molar-refractivity contribution in [1.29, 1.82) is 0 Å². The minimum Gasteiger partial charge on any atom is -0.481 e. The fourth-order valence-electron chi connectivity index (χ4n) is 3.35. The Kier molecular flexibility index (Phi) is 6.17. The van der Waals surface area contributed by atoms with E-state index in [0.29, 0.717) is 19.0 Å². The summed E-state index contributed by atoms with van der Waals surface area (Å²) in [6, 6.07) is 9.81. The predicted octanol–water partition coefficient (Wildman–Crippen LogP) is 3.33. The highest BCUT2D eigenvalue weighted by molar-refractivity contribution is 5.81. The van der Waals surface area contributed by atoms with E-state index >= 15 is 0 Å². The second kappa shape index (κ2) is 8.59. The van der Waals surface area contributed by atoms with E-state index in [2.05, 4.69) is 23.7 Å². The first-order chi connectivity index (χ1) is 13.3. The molecule has 1 saturated heterocycles. The molecule has 1 atom stereocenters. The third kappa shape index (κ3) is 4.80. The van der Waals surface area contributed by atoms with Gasteiger partial charge in [-0.2, -0.15) is 0 Å². The first-order valence-corrected chi connectivity index (χ1v) is 9.96. The smallest absolute Gasteiger partial charge is 0.263 e. The molecule has 1 aromatic carbocycles. The van der Waals surface area contributed by atoms with Crippen LogP contribution in [0.3, 0.4) is 0 Å². The monoisotopic (exact) mass is 382 g/mol. The van der Waals surface area contributed by atoms with E-state index in [-0.39, 0.29) is 5.91 Å². The number of amides is 1. The highest BCUT2D eigenvalue weighted by atomic mass is 16.5. The largest absolute Gasteiger partial charge is 0.481 e. The Labute approximate surface area is 167 Å². The van der Waals surface area contributed by atoms with Gasteiger partial charge in [0.25, 0.3) is 5.91 Å². The SMILES string of the molecule is Cc1cccc(OC(C)C(=O)N2CCN(c3cc(C)nc(C(C)C)n3)CC2)c1. The van der Waals surface area contributed by atoms with Crippen molar-refractivity contribution in [2.75, 3.05) is 31.1 Å². The van der Waals surface area contributed by atoms with Crippen LogP contribution < -0.4 is 9.64 Å². The van der Waals surface area contributed by atoms with E-state index in [0.717, 1.165) is 41.7 Å². The first-order valence-electron chi connectivity index (χ1n) is 9.96. The summed E-state index contributed by atoms with van der Waals surface area (Å²) in [7, 11) is 0. The average Bonchev–Trinajstić information content (AvgIpc) is 2.67. The summed E-state index contributed by atoms with van der Waals surface area (Å²) >= 11 is 0. The summed E-state index contributed by atoms with van der Waals surface area (Å²) in [6.45, 7) is 12.9. The van der Waals surface area contributed by atoms with Crippen LogP contribution in [0.15, 0.2) is 30.3 Å². The van der Waals surface area contributed by atoms with Gasteiger partial charge in [0.1, 0.15) is 17.4 Å². The molecule has 1 unspecified atom stereocenters. The molecule has 0 aliphatic carbocycles. The molecule has 0 N–H and O–H groups in total. The van der Waals surface area contributed by atoms with Crippen LogP contribution in [0.2, 0.25) is 0 Å². The minimum atomic E-state index is -0.498. The van der Waals surface area contributed by atoms with E-state index in [1.807, 2.05) is 56.0 Å². The number of hydrogen-bond donors (Lipinski definition) is 0. The van der Waals surface area contributed by atoms with Crippen LogP contribution in [0.4, 0.5) is 5.82 Å². The minimum absolute atomic E-state index is 0.0305. The maximum Gasteiger partial charge on any atom is 0.263 e. The number of aromatic nitrogens is 2. The Balaban J connectivity index is 1.59. The van der Waals surface area contributed by atoms with Crippen LogP contribution in [-0.4, -0.2) is 53.1 Å². The molecule has 28 heavy (non-hydrogen) atoms. The van der Waals surface area contributed by atoms with Crippen molar-refractivity contribution >= 4 is 11.7 Å². The van der Waals surface area contributed by atoms with Crippen molar-refractivity contribution in [3.05, 3.63) is 47.4 Å². The molecular formula is C22H30N4O2. The summed E-state index contributed by atoms with van der Waals surface area (Å²) in [5, 5.41) is 0. The van der Waals surface area contributed by atoms with Crippen molar-refractivity contribution in [3.8, 4) is 5.75 Å². The van der Waals surface area contributed by atoms with Crippen molar-refractivity contribution in [3.63, 3.8) is 0 Å². The summed E-state index contributed by atoms with van der Waals surface area (Å²) in [5.41, 5.74) is 2.10. The molecule has 6 nitrogen and oxygen atoms in total. The second-order valence-corrected chi connectivity index (χ2v) is 7.77. The third-order valence-electron chi connectivity index (χ3n) is 4.94. The highest BCUT2D eigenvalue weighted by Gasteiger charge is 2.27. The molecule has 0 saturated carbocycles. The van der Waals surface area contributed by atoms with Gasteiger partial charge in [-0.1, -0.05) is 26.0 Å². The van der Waals surface area contributed by atoms with Crippen LogP contribution in [0.5, 0.6) is 5.75 Å². The van der Waals surface area contributed by atoms with Gasteiger partial charge < -0.3 is 14.5 Å². The zero-order chi connectivity index (χ0) is 20.3. The highest BCUT2D eigenvalue weighted by Crippen LogP contribution is 2.20. The fraction of sp³-hybridized carbons (Fsp3) is 0.500. The number of carbonyl (C=O) groups is 1. The number of nitrogens with zero attached hydrogens (tertiary/aromatic N) is 4. The molecule has 1 amide bonds. The van der Waals surface area contributed by atoms with Gasteiger partial charge >= 0.3 is 0 Å². The standard InChI is InChI=1S/C22H30N4O2/c1-15(2)21-23-17(4)14-20(24-21)25-9-11-26(12-10-25)22(27)18(5)28-19-8-6-7-16(3)13-19/h6-8,13-15,18H,9-12H2,1-5H3. The van der Waals surface area contributed by atoms with Crippen LogP contribution in [0, 0.1) is 13.8 Å². The number of rotatable bonds is 5. The van der Waals surface area contributed by atoms with Crippen molar-refractivity contribution < 1.29 is 9.53 Å². The molecule has 1 aromatic heterocycles. The normalized spacial score (nSPS) is 15.6. The van der Waals surface area contributed by atoms with Gasteiger partial charge in [-0.3, -0.25) is 4.79 Å². The van der Waals surface area contributed by atoms with Gasteiger partial charge in [0.15, 0.2) is 6.10 Å². The van der Waals surface area contributed by atoms with Crippen LogP contribution in [0.1, 0.15) is 43.8 Å². The topological polar surface area (TPSA) is 58.6 Å². The fourth-order valence-corrected chi connectivity index (χ4v) is 3.35. The van der Waals surface area contributed by atoms with Crippen molar-refractivity contribution in [2.45, 2.75) is 46.6 Å². The number of aryl methyl sites for hydroxylation is 2. The number of anilines is 1. The Hall–Kier alpha value is -2.63. The Morgan fingerprint density at radius 3 is 2.39 bits per heavy atom. The molecule has 2 aromatic rings. The zero-order valence-corrected chi connectivity index (χ0v) is 17.5. The Morgan fingerprint density at radius 2 is 1.75 bits per heavy atom. The molecule has 0 radical (unpaired) electrons. The van der Waals surface area contributed by atoms with Gasteiger partial charge in [-0.05, 0) is 38.5 Å². The summed E-state index contributed by atoms with van der Waals surface area (Å²) in [4.78, 5) is 26.1. The zero-order valence-electron chi connectivity index (χ0n) is 17.5. The lowest BCUT2D eigenvalue weighted by molar-refractivity contribution is -0.138. The Morgan fingerprint density at radius 1 is 1.04 bits per heavy atom. The molecule has 6 heteroatoms. The Bertz CT molecular complexity index is 829. The van der Waals surface area contributed by atoms with Gasteiger partial charge in [-0.25, -0.2) is 9.97 Å². The number of piperazine rings is 1. The van der Waals surface area contributed by atoms with Gasteiger partial charge in [-0.15, -0.1) is 0 Å². The van der Waals surface area contributed by atoms with Crippen LogP contribution in [-0.2, 0) is 4.79 Å². The summed E-state index contributed by atoms with van der Waals surface area (Å²) in [6.07, 6.45) is -0.498. The lowest BCUT2D eigenvalue weighted by Gasteiger charge is -2.36. The lowest BCUT2D eigenvalue weighted by atomic mass is 10.2. The van der Waals surface area contributed by atoms with Gasteiger partial charge in [0.2, 0.25) is 0 Å². The molecule has 1 fully saturated rings. The molecule has 1 aliphatic rings. The number of hydrogen-bond acceptors (Lipinski definition) is 5. The molecule has 0 bridgehead atoms. The molecule has 1 aliphatic heterocycles. The summed E-state index contributed by atoms with van der Waals surface area (Å²) < 4.78 is 5.85. The number of ether oxygens (including phenoxy) is 1. The van der Waals surface area contributed by atoms with E-state index < -0.39 is 6.10 Å². The van der Waals surface area contributed by atoms with Crippen LogP contribution in [0.25, 0.3) is 0 Å². The van der Waals surface area contributed by atoms with E-state index in [4.69, 9.17) is 9.72 Å². The van der Waals surface area contributed by atoms with E-state index in [1.54, 1.807) is 0 Å². The van der Waals surface area contributed by atoms with Crippen molar-refractivity contribution in [1.82, 2.24) is 14.9 Å². The van der Waals surface area contributed by atoms with Crippen molar-refractivity contribution in [2.24, 2.45) is 0 Å². The van der Waals surface area contributed by atoms with Gasteiger partial charge in [0.05, 0.1) is 0 Å². The molecule has 0 spiro atoms. The van der Waals surface area contributed by atoms with E-state index in [1.165, 1.54) is 0 Å².